The summed E-state index contributed by atoms with van der Waals surface area (Å²) in [5.41, 5.74) is 0.237. The van der Waals surface area contributed by atoms with E-state index in [9.17, 15) is 14.7 Å². The van der Waals surface area contributed by atoms with E-state index in [1.54, 1.807) is 31.3 Å². The van der Waals surface area contributed by atoms with Crippen molar-refractivity contribution in [3.05, 3.63) is 58.7 Å². The van der Waals surface area contributed by atoms with Gasteiger partial charge in [-0.05, 0) is 49.6 Å². The van der Waals surface area contributed by atoms with Crippen LogP contribution in [0, 0.1) is 17.2 Å². The van der Waals surface area contributed by atoms with Gasteiger partial charge in [-0.15, -0.1) is 0 Å². The number of pyridine rings is 1. The van der Waals surface area contributed by atoms with Crippen LogP contribution in [0.1, 0.15) is 36.8 Å². The molecule has 34 heavy (non-hydrogen) atoms. The summed E-state index contributed by atoms with van der Waals surface area (Å²) < 4.78 is 0. The number of carboxylic acid groups (broad SMARTS) is 1. The van der Waals surface area contributed by atoms with Gasteiger partial charge in [0.1, 0.15) is 17.4 Å². The second-order valence-corrected chi connectivity index (χ2v) is 9.27. The van der Waals surface area contributed by atoms with Crippen molar-refractivity contribution in [3.63, 3.8) is 0 Å². The Morgan fingerprint density at radius 3 is 2.53 bits per heavy atom. The number of likely N-dealkylation sites (N-methyl/N-ethyl adjacent to an activating group) is 1. The molecule has 1 aromatic heterocycles. The van der Waals surface area contributed by atoms with Crippen LogP contribution in [0.2, 0.25) is 5.02 Å². The monoisotopic (exact) mass is 481 g/mol. The molecule has 8 nitrogen and oxygen atoms in total. The topological polar surface area (TPSA) is 110 Å². The molecule has 0 radical (unpaired) electrons. The number of aromatic nitrogens is 1. The first-order chi connectivity index (χ1) is 16.4. The van der Waals surface area contributed by atoms with Crippen molar-refractivity contribution in [1.29, 1.82) is 5.26 Å². The lowest BCUT2D eigenvalue weighted by Gasteiger charge is -2.45. The quantitative estimate of drug-likeness (QED) is 0.649. The third kappa shape index (κ3) is 4.33. The Morgan fingerprint density at radius 1 is 1.26 bits per heavy atom. The van der Waals surface area contributed by atoms with Crippen molar-refractivity contribution in [1.82, 2.24) is 15.2 Å². The second-order valence-electron chi connectivity index (χ2n) is 8.83. The van der Waals surface area contributed by atoms with Crippen molar-refractivity contribution in [2.45, 2.75) is 31.2 Å². The summed E-state index contributed by atoms with van der Waals surface area (Å²) in [6.45, 7) is 4.09. The Kier molecular flexibility index (Phi) is 7.05. The van der Waals surface area contributed by atoms with Crippen LogP contribution in [0.15, 0.2) is 42.6 Å². The Balaban J connectivity index is 1.60. The van der Waals surface area contributed by atoms with Gasteiger partial charge >= 0.3 is 6.09 Å². The number of hydrogen-bond acceptors (Lipinski definition) is 6. The first kappa shape index (κ1) is 24.0. The Bertz CT molecular complexity index is 1080. The summed E-state index contributed by atoms with van der Waals surface area (Å²) in [7, 11) is 0. The smallest absolute Gasteiger partial charge is 0.408 e. The number of rotatable bonds is 6. The van der Waals surface area contributed by atoms with Gasteiger partial charge in [-0.25, -0.2) is 9.78 Å². The van der Waals surface area contributed by atoms with E-state index in [2.05, 4.69) is 21.3 Å². The van der Waals surface area contributed by atoms with Crippen LogP contribution in [-0.4, -0.2) is 65.1 Å². The molecule has 9 heteroatoms. The van der Waals surface area contributed by atoms with Crippen molar-refractivity contribution in [3.8, 4) is 6.07 Å². The lowest BCUT2D eigenvalue weighted by atomic mass is 9.72. The fourth-order valence-corrected chi connectivity index (χ4v) is 5.54. The Hall–Kier alpha value is -3.15. The van der Waals surface area contributed by atoms with Crippen LogP contribution in [0.5, 0.6) is 0 Å². The highest BCUT2D eigenvalue weighted by Crippen LogP contribution is 2.41. The van der Waals surface area contributed by atoms with Gasteiger partial charge in [-0.1, -0.05) is 23.7 Å². The number of carbonyl (C=O) groups is 2. The molecule has 3 heterocycles. The van der Waals surface area contributed by atoms with Crippen LogP contribution in [-0.2, 0) is 4.79 Å². The maximum Gasteiger partial charge on any atom is 0.408 e. The van der Waals surface area contributed by atoms with Gasteiger partial charge in [0.05, 0.1) is 5.56 Å². The predicted molar refractivity (Wildman–Crippen MR) is 129 cm³/mol. The zero-order valence-electron chi connectivity index (χ0n) is 19.1. The van der Waals surface area contributed by atoms with Crippen LogP contribution >= 0.6 is 11.6 Å². The highest BCUT2D eigenvalue weighted by atomic mass is 35.5. The number of halogens is 1. The second kappa shape index (κ2) is 10.00. The highest BCUT2D eigenvalue weighted by Gasteiger charge is 2.56. The molecule has 2 atom stereocenters. The van der Waals surface area contributed by atoms with E-state index in [-0.39, 0.29) is 30.7 Å². The molecule has 4 rings (SSSR count). The number of anilines is 1. The van der Waals surface area contributed by atoms with Crippen molar-refractivity contribution >= 4 is 29.3 Å². The molecule has 2 aliphatic rings. The molecule has 0 bridgehead atoms. The van der Waals surface area contributed by atoms with Gasteiger partial charge in [0.15, 0.2) is 5.78 Å². The minimum Gasteiger partial charge on any atom is -0.465 e. The van der Waals surface area contributed by atoms with Gasteiger partial charge in [-0.3, -0.25) is 9.69 Å². The van der Waals surface area contributed by atoms with E-state index in [4.69, 9.17) is 16.9 Å². The van der Waals surface area contributed by atoms with E-state index in [1.165, 1.54) is 4.90 Å². The first-order valence-electron chi connectivity index (χ1n) is 11.5. The lowest BCUT2D eigenvalue weighted by Crippen LogP contribution is -2.63. The molecule has 0 unspecified atom stereocenters. The molecule has 178 valence electrons. The van der Waals surface area contributed by atoms with Gasteiger partial charge in [0.25, 0.3) is 0 Å². The molecule has 1 aromatic carbocycles. The molecule has 2 aliphatic heterocycles. The molecule has 2 N–H and O–H groups in total. The molecule has 2 saturated heterocycles. The highest BCUT2D eigenvalue weighted by molar-refractivity contribution is 6.30. The minimum absolute atomic E-state index is 0.0193. The number of nitriles is 1. The standard InChI is InChI=1S/C25H28ClN5O3/c1-2-31(24(33)34)25(16-28-15-21(25)18-4-6-20(26)7-5-18)23(32)19-9-11-30(12-10-19)22-8-3-17(13-27)14-29-22/h3-8,14,19,21,28H,2,9-12,15-16H2,1H3,(H,33,34)/t21-,25+/m1/s1. The Morgan fingerprint density at radius 2 is 1.97 bits per heavy atom. The van der Waals surface area contributed by atoms with E-state index in [1.807, 2.05) is 18.2 Å². The molecule has 0 aliphatic carbocycles. The number of nitrogens with one attached hydrogen (secondary N) is 1. The SMILES string of the molecule is CCN(C(=O)O)[C@@]1(C(=O)C2CCN(c3ccc(C#N)cn3)CC2)CNC[C@@H]1c1ccc(Cl)cc1. The summed E-state index contributed by atoms with van der Waals surface area (Å²) in [5.74, 6) is 0.209. The average Bonchev–Trinajstić information content (AvgIpc) is 3.30. The van der Waals surface area contributed by atoms with E-state index in [0.717, 1.165) is 11.4 Å². The van der Waals surface area contributed by atoms with Crippen LogP contribution in [0.3, 0.4) is 0 Å². The van der Waals surface area contributed by atoms with Crippen LogP contribution < -0.4 is 10.2 Å². The van der Waals surface area contributed by atoms with Crippen LogP contribution in [0.25, 0.3) is 0 Å². The van der Waals surface area contributed by atoms with Crippen molar-refractivity contribution in [2.75, 3.05) is 37.6 Å². The number of hydrogen-bond donors (Lipinski definition) is 2. The number of carbonyl (C=O) groups excluding carboxylic acids is 1. The molecule has 2 aromatic rings. The minimum atomic E-state index is -1.17. The Labute approximate surface area is 204 Å². The maximum atomic E-state index is 14.2. The number of amides is 1. The summed E-state index contributed by atoms with van der Waals surface area (Å²) in [6, 6.07) is 13.0. The lowest BCUT2D eigenvalue weighted by molar-refractivity contribution is -0.135. The third-order valence-corrected chi connectivity index (χ3v) is 7.37. The largest absolute Gasteiger partial charge is 0.465 e. The maximum absolute atomic E-state index is 14.2. The molecule has 1 amide bonds. The first-order valence-corrected chi connectivity index (χ1v) is 11.9. The van der Waals surface area contributed by atoms with Gasteiger partial charge in [-0.2, -0.15) is 5.26 Å². The van der Waals surface area contributed by atoms with Crippen molar-refractivity contribution in [2.24, 2.45) is 5.92 Å². The molecule has 2 fully saturated rings. The molecule has 0 spiro atoms. The molecule has 0 saturated carbocycles. The normalized spacial score (nSPS) is 22.9. The fourth-order valence-electron chi connectivity index (χ4n) is 5.41. The van der Waals surface area contributed by atoms with Crippen LogP contribution in [0.4, 0.5) is 10.6 Å². The summed E-state index contributed by atoms with van der Waals surface area (Å²) in [5, 5.41) is 23.0. The number of benzene rings is 1. The molecular formula is C25H28ClN5O3. The predicted octanol–water partition coefficient (Wildman–Crippen LogP) is 3.52. The number of piperidine rings is 1. The third-order valence-electron chi connectivity index (χ3n) is 7.11. The summed E-state index contributed by atoms with van der Waals surface area (Å²) in [6.07, 6.45) is 1.70. The van der Waals surface area contributed by atoms with E-state index in [0.29, 0.717) is 43.1 Å². The fraction of sp³-hybridized carbons (Fsp3) is 0.440. The van der Waals surface area contributed by atoms with Crippen molar-refractivity contribution < 1.29 is 14.7 Å². The number of Topliss-reactive ketones (excluding diaryl/α,β-unsaturated/α-hetero) is 1. The number of ketones is 1. The number of nitrogens with zero attached hydrogens (tertiary/aromatic N) is 4. The molecular weight excluding hydrogens is 454 g/mol. The zero-order valence-corrected chi connectivity index (χ0v) is 19.8. The zero-order chi connectivity index (χ0) is 24.3. The van der Waals surface area contributed by atoms with E-state index >= 15 is 0 Å². The average molecular weight is 482 g/mol. The van der Waals surface area contributed by atoms with Gasteiger partial charge < -0.3 is 15.3 Å². The summed E-state index contributed by atoms with van der Waals surface area (Å²) in [4.78, 5) is 34.3. The van der Waals surface area contributed by atoms with Gasteiger partial charge in [0.2, 0.25) is 0 Å². The summed E-state index contributed by atoms with van der Waals surface area (Å²) >= 11 is 6.08. The van der Waals surface area contributed by atoms with Gasteiger partial charge in [0, 0.05) is 55.8 Å². The van der Waals surface area contributed by atoms with E-state index < -0.39 is 11.6 Å².